The van der Waals surface area contributed by atoms with Crippen LogP contribution < -0.4 is 5.32 Å². The fourth-order valence-corrected chi connectivity index (χ4v) is 1.85. The molecule has 0 unspecified atom stereocenters. The average molecular weight is 235 g/mol. The second-order valence-corrected chi connectivity index (χ2v) is 4.29. The third-order valence-electron chi connectivity index (χ3n) is 3.08. The Kier molecular flexibility index (Phi) is 4.55. The van der Waals surface area contributed by atoms with E-state index in [0.717, 1.165) is 5.69 Å². The molecule has 0 amide bonds. The topological polar surface area (TPSA) is 38.3 Å². The predicted molar refractivity (Wildman–Crippen MR) is 70.5 cm³/mol. The van der Waals surface area contributed by atoms with Crippen LogP contribution in [0.25, 0.3) is 0 Å². The number of aryl methyl sites for hydroxylation is 2. The first-order valence-corrected chi connectivity index (χ1v) is 5.94. The zero-order valence-electron chi connectivity index (χ0n) is 11.3. The summed E-state index contributed by atoms with van der Waals surface area (Å²) in [5.74, 6) is -0.217. The van der Waals surface area contributed by atoms with E-state index in [2.05, 4.69) is 39.1 Å². The molecule has 0 aliphatic heterocycles. The number of ether oxygens (including phenoxy) is 1. The lowest BCUT2D eigenvalue weighted by Crippen LogP contribution is -2.18. The van der Waals surface area contributed by atoms with Crippen molar-refractivity contribution in [3.05, 3.63) is 28.3 Å². The van der Waals surface area contributed by atoms with E-state index in [4.69, 9.17) is 4.74 Å². The van der Waals surface area contributed by atoms with E-state index in [-0.39, 0.29) is 12.5 Å². The van der Waals surface area contributed by atoms with Gasteiger partial charge in [0.25, 0.3) is 0 Å². The van der Waals surface area contributed by atoms with E-state index in [1.165, 1.54) is 22.3 Å². The summed E-state index contributed by atoms with van der Waals surface area (Å²) in [6, 6.07) is 2.17. The van der Waals surface area contributed by atoms with E-state index in [1.54, 1.807) is 0 Å². The molecule has 1 aromatic rings. The minimum absolute atomic E-state index is 0.217. The summed E-state index contributed by atoms with van der Waals surface area (Å²) < 4.78 is 4.90. The van der Waals surface area contributed by atoms with Gasteiger partial charge >= 0.3 is 5.97 Å². The van der Waals surface area contributed by atoms with E-state index >= 15 is 0 Å². The van der Waals surface area contributed by atoms with Gasteiger partial charge in [-0.25, -0.2) is 0 Å². The summed E-state index contributed by atoms with van der Waals surface area (Å²) in [6.45, 7) is 10.7. The zero-order chi connectivity index (χ0) is 13.0. The normalized spacial score (nSPS) is 10.2. The maximum absolute atomic E-state index is 11.3. The maximum atomic E-state index is 11.3. The Morgan fingerprint density at radius 3 is 2.18 bits per heavy atom. The largest absolute Gasteiger partial charge is 0.465 e. The molecule has 0 spiro atoms. The molecule has 0 aliphatic carbocycles. The third kappa shape index (κ3) is 3.22. The molecule has 0 bridgehead atoms. The van der Waals surface area contributed by atoms with Crippen molar-refractivity contribution in [1.82, 2.24) is 0 Å². The number of hydrogen-bond acceptors (Lipinski definition) is 3. The Hall–Kier alpha value is -1.51. The first-order valence-electron chi connectivity index (χ1n) is 5.94. The highest BCUT2D eigenvalue weighted by Crippen LogP contribution is 2.26. The van der Waals surface area contributed by atoms with E-state index in [9.17, 15) is 4.79 Å². The number of anilines is 1. The molecule has 0 atom stereocenters. The fourth-order valence-electron chi connectivity index (χ4n) is 1.85. The van der Waals surface area contributed by atoms with Gasteiger partial charge in [0.05, 0.1) is 6.61 Å². The molecule has 0 saturated heterocycles. The van der Waals surface area contributed by atoms with Crippen LogP contribution in [0, 0.1) is 27.7 Å². The van der Waals surface area contributed by atoms with Crippen LogP contribution in [0.1, 0.15) is 29.2 Å². The van der Waals surface area contributed by atoms with Gasteiger partial charge in [0.15, 0.2) is 0 Å². The lowest BCUT2D eigenvalue weighted by molar-refractivity contribution is -0.140. The number of benzene rings is 1. The van der Waals surface area contributed by atoms with Crippen molar-refractivity contribution in [3.8, 4) is 0 Å². The summed E-state index contributed by atoms with van der Waals surface area (Å²) in [4.78, 5) is 11.3. The van der Waals surface area contributed by atoms with Gasteiger partial charge in [0.2, 0.25) is 0 Å². The van der Waals surface area contributed by atoms with Gasteiger partial charge in [0, 0.05) is 5.69 Å². The minimum Gasteiger partial charge on any atom is -0.465 e. The highest BCUT2D eigenvalue weighted by Gasteiger charge is 2.09. The predicted octanol–water partition coefficient (Wildman–Crippen LogP) is 2.90. The molecule has 3 heteroatoms. The van der Waals surface area contributed by atoms with Gasteiger partial charge in [0.1, 0.15) is 6.54 Å². The van der Waals surface area contributed by atoms with Crippen molar-refractivity contribution < 1.29 is 9.53 Å². The summed E-state index contributed by atoms with van der Waals surface area (Å²) in [5.41, 5.74) is 5.91. The molecule has 1 N–H and O–H groups in total. The second-order valence-electron chi connectivity index (χ2n) is 4.29. The standard InChI is InChI=1S/C14H21NO2/c1-6-17-13(16)8-15-14-11(4)9(2)7-10(3)12(14)5/h7,15H,6,8H2,1-5H3. The smallest absolute Gasteiger partial charge is 0.325 e. The summed E-state index contributed by atoms with van der Waals surface area (Å²) in [6.07, 6.45) is 0. The Morgan fingerprint density at radius 2 is 1.71 bits per heavy atom. The number of carbonyl (C=O) groups excluding carboxylic acids is 1. The molecule has 0 aliphatic rings. The lowest BCUT2D eigenvalue weighted by atomic mass is 9.99. The molecule has 3 nitrogen and oxygen atoms in total. The molecule has 0 heterocycles. The second kappa shape index (κ2) is 5.71. The Labute approximate surface area is 103 Å². The van der Waals surface area contributed by atoms with Gasteiger partial charge < -0.3 is 10.1 Å². The molecule has 1 rings (SSSR count). The van der Waals surface area contributed by atoms with Crippen molar-refractivity contribution in [3.63, 3.8) is 0 Å². The molecule has 1 aromatic carbocycles. The third-order valence-corrected chi connectivity index (χ3v) is 3.08. The maximum Gasteiger partial charge on any atom is 0.325 e. The molecular weight excluding hydrogens is 214 g/mol. The van der Waals surface area contributed by atoms with Crippen molar-refractivity contribution in [2.45, 2.75) is 34.6 Å². The Balaban J connectivity index is 2.87. The molecule has 0 saturated carbocycles. The van der Waals surface area contributed by atoms with Crippen LogP contribution in [0.15, 0.2) is 6.07 Å². The summed E-state index contributed by atoms with van der Waals surface area (Å²) in [5, 5.41) is 3.17. The minimum atomic E-state index is -0.217. The van der Waals surface area contributed by atoms with Crippen LogP contribution in [0.2, 0.25) is 0 Å². The van der Waals surface area contributed by atoms with Crippen LogP contribution in [0.3, 0.4) is 0 Å². The highest BCUT2D eigenvalue weighted by molar-refractivity contribution is 5.76. The monoisotopic (exact) mass is 235 g/mol. The molecule has 0 fully saturated rings. The van der Waals surface area contributed by atoms with Crippen LogP contribution in [-0.2, 0) is 9.53 Å². The first-order chi connectivity index (χ1) is 7.97. The van der Waals surface area contributed by atoms with Gasteiger partial charge in [-0.3, -0.25) is 4.79 Å². The van der Waals surface area contributed by atoms with E-state index in [1.807, 2.05) is 6.92 Å². The van der Waals surface area contributed by atoms with Crippen LogP contribution in [0.5, 0.6) is 0 Å². The zero-order valence-corrected chi connectivity index (χ0v) is 11.3. The number of hydrogen-bond donors (Lipinski definition) is 1. The van der Waals surface area contributed by atoms with E-state index in [0.29, 0.717) is 6.61 Å². The number of rotatable bonds is 4. The number of esters is 1. The van der Waals surface area contributed by atoms with Gasteiger partial charge in [-0.15, -0.1) is 0 Å². The van der Waals surface area contributed by atoms with Gasteiger partial charge in [-0.1, -0.05) is 6.07 Å². The Morgan fingerprint density at radius 1 is 1.18 bits per heavy atom. The molecule has 17 heavy (non-hydrogen) atoms. The van der Waals surface area contributed by atoms with Crippen molar-refractivity contribution >= 4 is 11.7 Å². The summed E-state index contributed by atoms with van der Waals surface area (Å²) >= 11 is 0. The number of carbonyl (C=O) groups is 1. The van der Waals surface area contributed by atoms with Crippen LogP contribution in [0.4, 0.5) is 5.69 Å². The van der Waals surface area contributed by atoms with Crippen molar-refractivity contribution in [2.75, 3.05) is 18.5 Å². The van der Waals surface area contributed by atoms with Crippen molar-refractivity contribution in [2.24, 2.45) is 0 Å². The summed E-state index contributed by atoms with van der Waals surface area (Å²) in [7, 11) is 0. The van der Waals surface area contributed by atoms with Crippen LogP contribution in [-0.4, -0.2) is 19.1 Å². The first kappa shape index (κ1) is 13.6. The van der Waals surface area contributed by atoms with Crippen molar-refractivity contribution in [1.29, 1.82) is 0 Å². The molecule has 0 aromatic heterocycles. The average Bonchev–Trinajstić information content (AvgIpc) is 2.27. The fraction of sp³-hybridized carbons (Fsp3) is 0.500. The van der Waals surface area contributed by atoms with Crippen LogP contribution >= 0.6 is 0 Å². The number of nitrogens with one attached hydrogen (secondary N) is 1. The quantitative estimate of drug-likeness (QED) is 0.815. The van der Waals surface area contributed by atoms with Gasteiger partial charge in [-0.2, -0.15) is 0 Å². The Bertz CT molecular complexity index is 398. The van der Waals surface area contributed by atoms with Gasteiger partial charge in [-0.05, 0) is 56.9 Å². The molecule has 0 radical (unpaired) electrons. The SMILES string of the molecule is CCOC(=O)CNc1c(C)c(C)cc(C)c1C. The van der Waals surface area contributed by atoms with E-state index < -0.39 is 0 Å². The lowest BCUT2D eigenvalue weighted by Gasteiger charge is -2.16. The highest BCUT2D eigenvalue weighted by atomic mass is 16.5. The molecular formula is C14H21NO2. The molecule has 94 valence electrons.